The number of hydrogen-bond donors (Lipinski definition) is 1. The molecular formula is C14H16N2O2. The lowest BCUT2D eigenvalue weighted by Gasteiger charge is -2.25. The summed E-state index contributed by atoms with van der Waals surface area (Å²) in [7, 11) is 0. The summed E-state index contributed by atoms with van der Waals surface area (Å²) in [5.74, 6) is 0.804. The predicted molar refractivity (Wildman–Crippen MR) is 69.0 cm³/mol. The highest BCUT2D eigenvalue weighted by atomic mass is 16.4. The second kappa shape index (κ2) is 4.12. The number of rotatable bonds is 3. The van der Waals surface area contributed by atoms with Crippen LogP contribution in [0, 0.1) is 0 Å². The maximum absolute atomic E-state index is 11.0. The molecule has 1 N–H and O–H groups in total. The monoisotopic (exact) mass is 244 g/mol. The van der Waals surface area contributed by atoms with Crippen molar-refractivity contribution < 1.29 is 9.90 Å². The Morgan fingerprint density at radius 3 is 2.83 bits per heavy atom. The van der Waals surface area contributed by atoms with Crippen LogP contribution in [0.25, 0.3) is 11.0 Å². The maximum atomic E-state index is 11.0. The normalized spacial score (nSPS) is 15.8. The van der Waals surface area contributed by atoms with Gasteiger partial charge in [0.1, 0.15) is 5.82 Å². The SMILES string of the molecule is CCn1c(C2CCC2)nc2ccc(C(=O)O)cc21. The number of imidazole rings is 1. The van der Waals surface area contributed by atoms with E-state index in [-0.39, 0.29) is 0 Å². The molecule has 18 heavy (non-hydrogen) atoms. The number of carboxylic acid groups (broad SMARTS) is 1. The fourth-order valence-corrected chi connectivity index (χ4v) is 2.58. The minimum Gasteiger partial charge on any atom is -0.478 e. The molecule has 1 aliphatic rings. The molecule has 0 saturated heterocycles. The highest BCUT2D eigenvalue weighted by molar-refractivity contribution is 5.92. The molecule has 0 spiro atoms. The summed E-state index contributed by atoms with van der Waals surface area (Å²) in [5.41, 5.74) is 2.18. The topological polar surface area (TPSA) is 55.1 Å². The molecule has 1 fully saturated rings. The number of aryl methyl sites for hydroxylation is 1. The van der Waals surface area contributed by atoms with Crippen molar-refractivity contribution in [3.63, 3.8) is 0 Å². The Morgan fingerprint density at radius 1 is 1.50 bits per heavy atom. The van der Waals surface area contributed by atoms with Crippen molar-refractivity contribution in [2.75, 3.05) is 0 Å². The first-order valence-corrected chi connectivity index (χ1v) is 6.44. The van der Waals surface area contributed by atoms with Crippen molar-refractivity contribution in [3.05, 3.63) is 29.6 Å². The zero-order chi connectivity index (χ0) is 12.7. The molecule has 0 aliphatic heterocycles. The van der Waals surface area contributed by atoms with Gasteiger partial charge >= 0.3 is 5.97 Å². The molecule has 1 aromatic heterocycles. The average Bonchev–Trinajstić information content (AvgIpc) is 2.63. The van der Waals surface area contributed by atoms with Gasteiger partial charge in [-0.25, -0.2) is 9.78 Å². The van der Waals surface area contributed by atoms with Crippen molar-refractivity contribution in [2.45, 2.75) is 38.6 Å². The van der Waals surface area contributed by atoms with Gasteiger partial charge in [-0.05, 0) is 38.0 Å². The summed E-state index contributed by atoms with van der Waals surface area (Å²) in [6.45, 7) is 2.92. The standard InChI is InChI=1S/C14H16N2O2/c1-2-16-12-8-10(14(17)18)6-7-11(12)15-13(16)9-4-3-5-9/h6-9H,2-5H2,1H3,(H,17,18). The number of nitrogens with zero attached hydrogens (tertiary/aromatic N) is 2. The third kappa shape index (κ3) is 1.60. The predicted octanol–water partition coefficient (Wildman–Crippen LogP) is 3.02. The van der Waals surface area contributed by atoms with E-state index in [9.17, 15) is 4.79 Å². The molecule has 3 rings (SSSR count). The lowest BCUT2D eigenvalue weighted by molar-refractivity contribution is 0.0697. The molecule has 4 nitrogen and oxygen atoms in total. The highest BCUT2D eigenvalue weighted by Crippen LogP contribution is 2.37. The van der Waals surface area contributed by atoms with Gasteiger partial charge in [-0.3, -0.25) is 0 Å². The second-order valence-corrected chi connectivity index (χ2v) is 4.85. The maximum Gasteiger partial charge on any atom is 0.335 e. The number of hydrogen-bond acceptors (Lipinski definition) is 2. The van der Waals surface area contributed by atoms with Crippen molar-refractivity contribution in [1.82, 2.24) is 9.55 Å². The quantitative estimate of drug-likeness (QED) is 0.902. The number of fused-ring (bicyclic) bond motifs is 1. The molecule has 0 amide bonds. The molecule has 0 atom stereocenters. The van der Waals surface area contributed by atoms with Gasteiger partial charge in [-0.1, -0.05) is 6.42 Å². The van der Waals surface area contributed by atoms with E-state index in [0.29, 0.717) is 11.5 Å². The first-order chi connectivity index (χ1) is 8.70. The highest BCUT2D eigenvalue weighted by Gasteiger charge is 2.25. The summed E-state index contributed by atoms with van der Waals surface area (Å²) in [4.78, 5) is 15.7. The number of carboxylic acids is 1. The van der Waals surface area contributed by atoms with Gasteiger partial charge in [0.2, 0.25) is 0 Å². The first kappa shape index (κ1) is 11.3. The largest absolute Gasteiger partial charge is 0.478 e. The van der Waals surface area contributed by atoms with Crippen LogP contribution >= 0.6 is 0 Å². The van der Waals surface area contributed by atoms with Gasteiger partial charge in [0.15, 0.2) is 0 Å². The van der Waals surface area contributed by atoms with Crippen LogP contribution < -0.4 is 0 Å². The minimum absolute atomic E-state index is 0.331. The van der Waals surface area contributed by atoms with Gasteiger partial charge in [-0.2, -0.15) is 0 Å². The van der Waals surface area contributed by atoms with Crippen molar-refractivity contribution >= 4 is 17.0 Å². The first-order valence-electron chi connectivity index (χ1n) is 6.44. The molecule has 2 aromatic rings. The van der Waals surface area contributed by atoms with Gasteiger partial charge < -0.3 is 9.67 Å². The van der Waals surface area contributed by atoms with Gasteiger partial charge in [0.05, 0.1) is 16.6 Å². The second-order valence-electron chi connectivity index (χ2n) is 4.85. The molecular weight excluding hydrogens is 228 g/mol. The Labute approximate surface area is 105 Å². The van der Waals surface area contributed by atoms with E-state index in [1.165, 1.54) is 19.3 Å². The number of carbonyl (C=O) groups is 1. The zero-order valence-electron chi connectivity index (χ0n) is 10.4. The van der Waals surface area contributed by atoms with E-state index in [2.05, 4.69) is 16.5 Å². The van der Waals surface area contributed by atoms with Crippen LogP contribution in [0.1, 0.15) is 48.3 Å². The fourth-order valence-electron chi connectivity index (χ4n) is 2.58. The number of benzene rings is 1. The van der Waals surface area contributed by atoms with E-state index in [4.69, 9.17) is 5.11 Å². The zero-order valence-corrected chi connectivity index (χ0v) is 10.4. The summed E-state index contributed by atoms with van der Waals surface area (Å²) in [6, 6.07) is 5.17. The van der Waals surface area contributed by atoms with Crippen LogP contribution in [0.5, 0.6) is 0 Å². The molecule has 0 bridgehead atoms. The Balaban J connectivity index is 2.17. The van der Waals surface area contributed by atoms with E-state index in [0.717, 1.165) is 23.4 Å². The van der Waals surface area contributed by atoms with Crippen LogP contribution in [-0.2, 0) is 6.54 Å². The van der Waals surface area contributed by atoms with Crippen molar-refractivity contribution in [1.29, 1.82) is 0 Å². The van der Waals surface area contributed by atoms with Crippen LogP contribution in [0.4, 0.5) is 0 Å². The molecule has 1 heterocycles. The minimum atomic E-state index is -0.883. The summed E-state index contributed by atoms with van der Waals surface area (Å²) in [6.07, 6.45) is 3.68. The van der Waals surface area contributed by atoms with Crippen LogP contribution in [-0.4, -0.2) is 20.6 Å². The molecule has 0 unspecified atom stereocenters. The Kier molecular flexibility index (Phi) is 2.58. The van der Waals surface area contributed by atoms with Crippen LogP contribution in [0.15, 0.2) is 18.2 Å². The molecule has 1 aromatic carbocycles. The Hall–Kier alpha value is -1.84. The van der Waals surface area contributed by atoms with Crippen molar-refractivity contribution in [2.24, 2.45) is 0 Å². The number of aromatic nitrogens is 2. The Bertz CT molecular complexity index is 612. The Morgan fingerprint density at radius 2 is 2.28 bits per heavy atom. The third-order valence-electron chi connectivity index (χ3n) is 3.81. The summed E-state index contributed by atoms with van der Waals surface area (Å²) >= 11 is 0. The van der Waals surface area contributed by atoms with Gasteiger partial charge in [0.25, 0.3) is 0 Å². The molecule has 0 radical (unpaired) electrons. The van der Waals surface area contributed by atoms with E-state index in [1.807, 2.05) is 6.07 Å². The molecule has 94 valence electrons. The molecule has 4 heteroatoms. The molecule has 1 saturated carbocycles. The fraction of sp³-hybridized carbons (Fsp3) is 0.429. The average molecular weight is 244 g/mol. The van der Waals surface area contributed by atoms with Crippen LogP contribution in [0.3, 0.4) is 0 Å². The number of aromatic carboxylic acids is 1. The smallest absolute Gasteiger partial charge is 0.335 e. The lowest BCUT2D eigenvalue weighted by atomic mass is 9.85. The van der Waals surface area contributed by atoms with E-state index < -0.39 is 5.97 Å². The van der Waals surface area contributed by atoms with E-state index in [1.54, 1.807) is 12.1 Å². The van der Waals surface area contributed by atoms with Gasteiger partial charge in [-0.15, -0.1) is 0 Å². The lowest BCUT2D eigenvalue weighted by Crippen LogP contribution is -2.15. The molecule has 1 aliphatic carbocycles. The van der Waals surface area contributed by atoms with Crippen molar-refractivity contribution in [3.8, 4) is 0 Å². The summed E-state index contributed by atoms with van der Waals surface area (Å²) in [5, 5.41) is 9.05. The van der Waals surface area contributed by atoms with Gasteiger partial charge in [0, 0.05) is 12.5 Å². The third-order valence-corrected chi connectivity index (χ3v) is 3.81. The summed E-state index contributed by atoms with van der Waals surface area (Å²) < 4.78 is 2.16. The van der Waals surface area contributed by atoms with E-state index >= 15 is 0 Å². The van der Waals surface area contributed by atoms with Crippen LogP contribution in [0.2, 0.25) is 0 Å².